The second kappa shape index (κ2) is 6.69. The summed E-state index contributed by atoms with van der Waals surface area (Å²) < 4.78 is 13.0. The molecular weight excluding hydrogens is 304 g/mol. The maximum atomic E-state index is 12.5. The fraction of sp³-hybridized carbons (Fsp3) is 0.421. The van der Waals surface area contributed by atoms with Crippen LogP contribution in [0.4, 0.5) is 0 Å². The topological polar surface area (TPSA) is 66.5 Å². The summed E-state index contributed by atoms with van der Waals surface area (Å²) in [6, 6.07) is 7.84. The summed E-state index contributed by atoms with van der Waals surface area (Å²) >= 11 is 0. The van der Waals surface area contributed by atoms with Gasteiger partial charge in [-0.15, -0.1) is 6.58 Å². The summed E-state index contributed by atoms with van der Waals surface area (Å²) in [7, 11) is 0. The van der Waals surface area contributed by atoms with Gasteiger partial charge in [0.05, 0.1) is 18.7 Å². The number of benzene rings is 1. The van der Waals surface area contributed by atoms with Crippen molar-refractivity contribution in [3.63, 3.8) is 0 Å². The molecule has 1 aromatic heterocycles. The van der Waals surface area contributed by atoms with E-state index in [4.69, 9.17) is 15.2 Å². The van der Waals surface area contributed by atoms with Crippen molar-refractivity contribution in [2.45, 2.75) is 45.4 Å². The summed E-state index contributed by atoms with van der Waals surface area (Å²) in [6.45, 7) is 11.9. The molecule has 1 unspecified atom stereocenters. The number of carbonyl (C=O) groups excluding carboxylic acids is 1. The van der Waals surface area contributed by atoms with Crippen molar-refractivity contribution in [3.8, 4) is 5.75 Å². The first-order valence-electron chi connectivity index (χ1n) is 8.07. The van der Waals surface area contributed by atoms with Gasteiger partial charge in [-0.25, -0.2) is 4.79 Å². The van der Waals surface area contributed by atoms with Crippen LogP contribution in [-0.2, 0) is 16.1 Å². The standard InChI is InChI=1S/C19H26N2O3/c1-6-19(20,17(22)24-18(3,4)5)13-21-12-16(23-7-2)14-10-8-9-11-15(14)21/h6,8-12H,1,7,13,20H2,2-5H3. The molecule has 5 nitrogen and oxygen atoms in total. The third-order valence-electron chi connectivity index (χ3n) is 3.63. The molecule has 5 heteroatoms. The van der Waals surface area contributed by atoms with Gasteiger partial charge >= 0.3 is 5.97 Å². The summed E-state index contributed by atoms with van der Waals surface area (Å²) in [5.41, 5.74) is 5.31. The van der Waals surface area contributed by atoms with Crippen molar-refractivity contribution < 1.29 is 14.3 Å². The monoisotopic (exact) mass is 330 g/mol. The molecule has 1 atom stereocenters. The third kappa shape index (κ3) is 3.79. The highest BCUT2D eigenvalue weighted by Gasteiger charge is 2.36. The zero-order valence-corrected chi connectivity index (χ0v) is 14.8. The predicted molar refractivity (Wildman–Crippen MR) is 96.1 cm³/mol. The number of rotatable bonds is 6. The van der Waals surface area contributed by atoms with Crippen LogP contribution < -0.4 is 10.5 Å². The number of fused-ring (bicyclic) bond motifs is 1. The van der Waals surface area contributed by atoms with E-state index in [0.717, 1.165) is 16.7 Å². The van der Waals surface area contributed by atoms with Gasteiger partial charge in [-0.3, -0.25) is 0 Å². The lowest BCUT2D eigenvalue weighted by atomic mass is 10.0. The predicted octanol–water partition coefficient (Wildman–Crippen LogP) is 3.27. The molecule has 0 aliphatic rings. The molecule has 0 radical (unpaired) electrons. The molecule has 0 spiro atoms. The number of ether oxygens (including phenoxy) is 2. The van der Waals surface area contributed by atoms with E-state index in [9.17, 15) is 4.79 Å². The Morgan fingerprint density at radius 1 is 1.33 bits per heavy atom. The number of nitrogens with zero attached hydrogens (tertiary/aromatic N) is 1. The molecule has 0 saturated heterocycles. The minimum Gasteiger partial charge on any atom is -0.492 e. The zero-order chi connectivity index (χ0) is 18.0. The number of esters is 1. The quantitative estimate of drug-likeness (QED) is 0.652. The van der Waals surface area contributed by atoms with Gasteiger partial charge in [-0.2, -0.15) is 0 Å². The Morgan fingerprint density at radius 3 is 2.58 bits per heavy atom. The highest BCUT2D eigenvalue weighted by molar-refractivity contribution is 5.88. The minimum absolute atomic E-state index is 0.221. The van der Waals surface area contributed by atoms with Crippen LogP contribution in [0.25, 0.3) is 10.9 Å². The van der Waals surface area contributed by atoms with Crippen molar-refractivity contribution >= 4 is 16.9 Å². The van der Waals surface area contributed by atoms with Gasteiger partial charge in [0.2, 0.25) is 0 Å². The second-order valence-electron chi connectivity index (χ2n) is 6.82. The van der Waals surface area contributed by atoms with Crippen LogP contribution in [0, 0.1) is 0 Å². The summed E-state index contributed by atoms with van der Waals surface area (Å²) in [4.78, 5) is 12.5. The molecule has 2 rings (SSSR count). The van der Waals surface area contributed by atoms with E-state index in [1.165, 1.54) is 6.08 Å². The Labute approximate surface area is 143 Å². The average molecular weight is 330 g/mol. The molecule has 2 aromatic rings. The van der Waals surface area contributed by atoms with E-state index in [2.05, 4.69) is 6.58 Å². The van der Waals surface area contributed by atoms with Crippen molar-refractivity contribution in [1.82, 2.24) is 4.57 Å². The van der Waals surface area contributed by atoms with E-state index in [0.29, 0.717) is 6.61 Å². The van der Waals surface area contributed by atoms with Crippen LogP contribution in [0.15, 0.2) is 43.1 Å². The van der Waals surface area contributed by atoms with E-state index >= 15 is 0 Å². The molecule has 0 saturated carbocycles. The molecule has 2 N–H and O–H groups in total. The number of hydrogen-bond donors (Lipinski definition) is 1. The molecule has 1 heterocycles. The smallest absolute Gasteiger partial charge is 0.332 e. The molecular formula is C19H26N2O3. The van der Waals surface area contributed by atoms with Gasteiger partial charge in [-0.1, -0.05) is 18.2 Å². The Balaban J connectivity index is 2.39. The van der Waals surface area contributed by atoms with Crippen LogP contribution in [0.5, 0.6) is 5.75 Å². The van der Waals surface area contributed by atoms with E-state index < -0.39 is 17.1 Å². The molecule has 130 valence electrons. The van der Waals surface area contributed by atoms with Gasteiger partial charge in [0, 0.05) is 11.6 Å². The molecule has 0 fully saturated rings. The van der Waals surface area contributed by atoms with Crippen LogP contribution in [0.3, 0.4) is 0 Å². The van der Waals surface area contributed by atoms with E-state index in [1.54, 1.807) is 0 Å². The van der Waals surface area contributed by atoms with Gasteiger partial charge < -0.3 is 19.8 Å². The van der Waals surface area contributed by atoms with Gasteiger partial charge in [0.25, 0.3) is 0 Å². The lowest BCUT2D eigenvalue weighted by Crippen LogP contribution is -2.52. The largest absolute Gasteiger partial charge is 0.492 e. The first-order valence-corrected chi connectivity index (χ1v) is 8.07. The molecule has 0 aliphatic heterocycles. The average Bonchev–Trinajstić information content (AvgIpc) is 2.84. The molecule has 24 heavy (non-hydrogen) atoms. The summed E-state index contributed by atoms with van der Waals surface area (Å²) in [5.74, 6) is 0.268. The van der Waals surface area contributed by atoms with E-state index in [-0.39, 0.29) is 6.54 Å². The maximum Gasteiger partial charge on any atom is 0.332 e. The number of nitrogens with two attached hydrogens (primary N) is 1. The van der Waals surface area contributed by atoms with Crippen LogP contribution >= 0.6 is 0 Å². The SMILES string of the molecule is C=CC(N)(Cn1cc(OCC)c2ccccc21)C(=O)OC(C)(C)C. The van der Waals surface area contributed by atoms with Gasteiger partial charge in [-0.05, 0) is 39.8 Å². The summed E-state index contributed by atoms with van der Waals surface area (Å²) in [5, 5.41) is 0.981. The lowest BCUT2D eigenvalue weighted by molar-refractivity contribution is -0.160. The normalized spacial score (nSPS) is 14.2. The van der Waals surface area contributed by atoms with Crippen molar-refractivity contribution in [2.24, 2.45) is 5.73 Å². The third-order valence-corrected chi connectivity index (χ3v) is 3.63. The van der Waals surface area contributed by atoms with Crippen LogP contribution in [0.1, 0.15) is 27.7 Å². The number of hydrogen-bond acceptors (Lipinski definition) is 4. The lowest BCUT2D eigenvalue weighted by Gasteiger charge is -2.29. The summed E-state index contributed by atoms with van der Waals surface area (Å²) in [6.07, 6.45) is 3.31. The van der Waals surface area contributed by atoms with Crippen molar-refractivity contribution in [3.05, 3.63) is 43.1 Å². The van der Waals surface area contributed by atoms with Gasteiger partial charge in [0.15, 0.2) is 5.54 Å². The Kier molecular flexibility index (Phi) is 5.04. The Morgan fingerprint density at radius 2 is 2.00 bits per heavy atom. The fourth-order valence-corrected chi connectivity index (χ4v) is 2.48. The Bertz CT molecular complexity index is 743. The van der Waals surface area contributed by atoms with Crippen LogP contribution in [-0.4, -0.2) is 28.3 Å². The second-order valence-corrected chi connectivity index (χ2v) is 6.82. The fourth-order valence-electron chi connectivity index (χ4n) is 2.48. The van der Waals surface area contributed by atoms with Crippen LogP contribution in [0.2, 0.25) is 0 Å². The number of carbonyl (C=O) groups is 1. The van der Waals surface area contributed by atoms with Crippen molar-refractivity contribution in [1.29, 1.82) is 0 Å². The maximum absolute atomic E-state index is 12.5. The molecule has 0 aliphatic carbocycles. The van der Waals surface area contributed by atoms with E-state index in [1.807, 2.05) is 62.7 Å². The van der Waals surface area contributed by atoms with Crippen molar-refractivity contribution in [2.75, 3.05) is 6.61 Å². The molecule has 0 amide bonds. The minimum atomic E-state index is -1.32. The first-order chi connectivity index (χ1) is 11.2. The van der Waals surface area contributed by atoms with Gasteiger partial charge in [0.1, 0.15) is 11.4 Å². The molecule has 1 aromatic carbocycles. The number of para-hydroxylation sites is 1. The molecule has 0 bridgehead atoms. The highest BCUT2D eigenvalue weighted by Crippen LogP contribution is 2.29. The Hall–Kier alpha value is -2.27. The first kappa shape index (κ1) is 18.1. The highest BCUT2D eigenvalue weighted by atomic mass is 16.6. The number of aromatic nitrogens is 1. The zero-order valence-electron chi connectivity index (χ0n) is 14.8.